The molecule has 0 amide bonds. The molecule has 0 saturated carbocycles. The van der Waals surface area contributed by atoms with Crippen molar-refractivity contribution in [3.63, 3.8) is 0 Å². The van der Waals surface area contributed by atoms with Crippen LogP contribution in [0.4, 0.5) is 0 Å². The van der Waals surface area contributed by atoms with Crippen LogP contribution in [0.2, 0.25) is 10.0 Å². The van der Waals surface area contributed by atoms with Crippen LogP contribution in [0.1, 0.15) is 23.6 Å². The SMILES string of the molecule is CC(Sc1nnc(COc2ccccc2Cl)o1)c1ccccc1Cl. The summed E-state index contributed by atoms with van der Waals surface area (Å²) in [5.74, 6) is 0.972. The van der Waals surface area contributed by atoms with E-state index in [0.717, 1.165) is 10.6 Å². The zero-order valence-electron chi connectivity index (χ0n) is 12.8. The van der Waals surface area contributed by atoms with Crippen LogP contribution < -0.4 is 4.74 Å². The van der Waals surface area contributed by atoms with Crippen LogP contribution in [0.5, 0.6) is 5.75 Å². The second-order valence-electron chi connectivity index (χ2n) is 4.96. The highest BCUT2D eigenvalue weighted by molar-refractivity contribution is 7.99. The number of hydrogen-bond acceptors (Lipinski definition) is 5. The summed E-state index contributed by atoms with van der Waals surface area (Å²) in [5.41, 5.74) is 1.02. The van der Waals surface area contributed by atoms with Gasteiger partial charge in [-0.2, -0.15) is 0 Å². The van der Waals surface area contributed by atoms with Crippen LogP contribution in [0.15, 0.2) is 58.2 Å². The highest BCUT2D eigenvalue weighted by Gasteiger charge is 2.15. The Bertz CT molecular complexity index is 826. The average molecular weight is 381 g/mol. The smallest absolute Gasteiger partial charge is 0.277 e. The molecule has 0 aliphatic carbocycles. The van der Waals surface area contributed by atoms with Crippen molar-refractivity contribution in [2.45, 2.75) is 24.0 Å². The van der Waals surface area contributed by atoms with E-state index in [2.05, 4.69) is 10.2 Å². The minimum absolute atomic E-state index is 0.0940. The highest BCUT2D eigenvalue weighted by Crippen LogP contribution is 2.37. The Balaban J connectivity index is 1.61. The van der Waals surface area contributed by atoms with E-state index in [1.165, 1.54) is 11.8 Å². The Morgan fingerprint density at radius 1 is 1.04 bits per heavy atom. The molecule has 1 heterocycles. The number of benzene rings is 2. The maximum Gasteiger partial charge on any atom is 0.277 e. The molecular formula is C17H14Cl2N2O2S. The number of hydrogen-bond donors (Lipinski definition) is 0. The van der Waals surface area contributed by atoms with E-state index in [-0.39, 0.29) is 11.9 Å². The molecule has 0 saturated heterocycles. The van der Waals surface area contributed by atoms with Crippen molar-refractivity contribution in [1.82, 2.24) is 10.2 Å². The van der Waals surface area contributed by atoms with Gasteiger partial charge in [0, 0.05) is 10.3 Å². The average Bonchev–Trinajstić information content (AvgIpc) is 3.02. The molecule has 0 spiro atoms. The number of rotatable bonds is 6. The fourth-order valence-electron chi connectivity index (χ4n) is 2.06. The van der Waals surface area contributed by atoms with Gasteiger partial charge in [0.05, 0.1) is 5.02 Å². The van der Waals surface area contributed by atoms with Gasteiger partial charge in [0.25, 0.3) is 11.1 Å². The fourth-order valence-corrected chi connectivity index (χ4v) is 3.49. The first kappa shape index (κ1) is 17.1. The van der Waals surface area contributed by atoms with E-state index < -0.39 is 0 Å². The maximum atomic E-state index is 6.21. The molecule has 1 unspecified atom stereocenters. The summed E-state index contributed by atoms with van der Waals surface area (Å²) in [6.07, 6.45) is 0. The third-order valence-corrected chi connectivity index (χ3v) is 4.89. The van der Waals surface area contributed by atoms with Gasteiger partial charge < -0.3 is 9.15 Å². The molecule has 3 aromatic rings. The minimum Gasteiger partial charge on any atom is -0.482 e. The van der Waals surface area contributed by atoms with Crippen molar-refractivity contribution in [3.05, 3.63) is 70.0 Å². The molecular weight excluding hydrogens is 367 g/mol. The third-order valence-electron chi connectivity index (χ3n) is 3.26. The van der Waals surface area contributed by atoms with Crippen molar-refractivity contribution in [2.75, 3.05) is 0 Å². The molecule has 0 radical (unpaired) electrons. The van der Waals surface area contributed by atoms with Gasteiger partial charge in [-0.1, -0.05) is 65.3 Å². The molecule has 0 aliphatic rings. The quantitative estimate of drug-likeness (QED) is 0.505. The van der Waals surface area contributed by atoms with Gasteiger partial charge in [0.15, 0.2) is 6.61 Å². The van der Waals surface area contributed by atoms with Gasteiger partial charge in [-0.05, 0) is 30.7 Å². The van der Waals surface area contributed by atoms with Gasteiger partial charge in [0.2, 0.25) is 0 Å². The van der Waals surface area contributed by atoms with Gasteiger partial charge in [-0.15, -0.1) is 10.2 Å². The first-order chi connectivity index (χ1) is 11.6. The highest BCUT2D eigenvalue weighted by atomic mass is 35.5. The maximum absolute atomic E-state index is 6.21. The van der Waals surface area contributed by atoms with E-state index in [9.17, 15) is 0 Å². The molecule has 7 heteroatoms. The van der Waals surface area contributed by atoms with Crippen molar-refractivity contribution in [1.29, 1.82) is 0 Å². The summed E-state index contributed by atoms with van der Waals surface area (Å²) in [7, 11) is 0. The summed E-state index contributed by atoms with van der Waals surface area (Å²) in [4.78, 5) is 0. The first-order valence-corrected chi connectivity index (χ1v) is 8.88. The lowest BCUT2D eigenvalue weighted by molar-refractivity contribution is 0.252. The van der Waals surface area contributed by atoms with E-state index in [4.69, 9.17) is 32.4 Å². The van der Waals surface area contributed by atoms with Gasteiger partial charge >= 0.3 is 0 Å². The van der Waals surface area contributed by atoms with Crippen LogP contribution in [0.3, 0.4) is 0 Å². The first-order valence-electron chi connectivity index (χ1n) is 7.24. The zero-order chi connectivity index (χ0) is 16.9. The standard InChI is InChI=1S/C17H14Cl2N2O2S/c1-11(12-6-2-3-7-13(12)18)24-17-21-20-16(23-17)10-22-15-9-5-4-8-14(15)19/h2-9,11H,10H2,1H3. The Kier molecular flexibility index (Phi) is 5.66. The summed E-state index contributed by atoms with van der Waals surface area (Å²) in [6.45, 7) is 2.20. The number of thioether (sulfide) groups is 1. The molecule has 3 rings (SSSR count). The summed E-state index contributed by atoms with van der Waals surface area (Å²) in [5, 5.41) is 9.86. The van der Waals surface area contributed by atoms with Crippen molar-refractivity contribution in [2.24, 2.45) is 0 Å². The van der Waals surface area contributed by atoms with Crippen LogP contribution in [0, 0.1) is 0 Å². The van der Waals surface area contributed by atoms with E-state index in [1.807, 2.05) is 43.3 Å². The molecule has 0 N–H and O–H groups in total. The predicted molar refractivity (Wildman–Crippen MR) is 95.8 cm³/mol. The molecule has 1 atom stereocenters. The number of ether oxygens (including phenoxy) is 1. The Morgan fingerprint density at radius 2 is 1.75 bits per heavy atom. The molecule has 4 nitrogen and oxygen atoms in total. The van der Waals surface area contributed by atoms with E-state index in [0.29, 0.717) is 21.9 Å². The molecule has 0 bridgehead atoms. The van der Waals surface area contributed by atoms with Crippen molar-refractivity contribution in [3.8, 4) is 5.75 Å². The van der Waals surface area contributed by atoms with Crippen LogP contribution in [0.25, 0.3) is 0 Å². The van der Waals surface area contributed by atoms with Gasteiger partial charge in [-0.3, -0.25) is 0 Å². The topological polar surface area (TPSA) is 48.2 Å². The summed E-state index contributed by atoms with van der Waals surface area (Å²) in [6, 6.07) is 14.9. The third kappa shape index (κ3) is 4.23. The Morgan fingerprint density at radius 3 is 2.50 bits per heavy atom. The van der Waals surface area contributed by atoms with E-state index >= 15 is 0 Å². The number of para-hydroxylation sites is 1. The summed E-state index contributed by atoms with van der Waals surface area (Å²) < 4.78 is 11.2. The van der Waals surface area contributed by atoms with Crippen LogP contribution in [-0.2, 0) is 6.61 Å². The zero-order valence-corrected chi connectivity index (χ0v) is 15.1. The summed E-state index contributed by atoms with van der Waals surface area (Å²) >= 11 is 13.7. The molecule has 0 fully saturated rings. The van der Waals surface area contributed by atoms with Gasteiger partial charge in [-0.25, -0.2) is 0 Å². The molecule has 24 heavy (non-hydrogen) atoms. The number of halogens is 2. The molecule has 0 aliphatic heterocycles. The van der Waals surface area contributed by atoms with Crippen molar-refractivity contribution < 1.29 is 9.15 Å². The lowest BCUT2D eigenvalue weighted by Crippen LogP contribution is -1.96. The minimum atomic E-state index is 0.0940. The van der Waals surface area contributed by atoms with Crippen LogP contribution >= 0.6 is 35.0 Å². The lowest BCUT2D eigenvalue weighted by atomic mass is 10.2. The van der Waals surface area contributed by atoms with Crippen LogP contribution in [-0.4, -0.2) is 10.2 Å². The Hall–Kier alpha value is -1.69. The second-order valence-corrected chi connectivity index (χ2v) is 7.07. The monoisotopic (exact) mass is 380 g/mol. The number of aromatic nitrogens is 2. The second kappa shape index (κ2) is 7.92. The van der Waals surface area contributed by atoms with E-state index in [1.54, 1.807) is 12.1 Å². The largest absolute Gasteiger partial charge is 0.482 e. The molecule has 2 aromatic carbocycles. The number of nitrogens with zero attached hydrogens (tertiary/aromatic N) is 2. The lowest BCUT2D eigenvalue weighted by Gasteiger charge is -2.10. The normalized spacial score (nSPS) is 12.1. The van der Waals surface area contributed by atoms with Gasteiger partial charge in [0.1, 0.15) is 5.75 Å². The van der Waals surface area contributed by atoms with Crippen molar-refractivity contribution >= 4 is 35.0 Å². The fraction of sp³-hybridized carbons (Fsp3) is 0.176. The predicted octanol–water partition coefficient (Wildman–Crippen LogP) is 5.81. The molecule has 124 valence electrons. The Labute approximate surface area is 154 Å². The molecule has 1 aromatic heterocycles.